The number of imidazole rings is 1. The second-order valence-electron chi connectivity index (χ2n) is 3.40. The van der Waals surface area contributed by atoms with E-state index < -0.39 is 11.2 Å². The van der Waals surface area contributed by atoms with Gasteiger partial charge in [0.2, 0.25) is 5.28 Å². The molecule has 0 spiro atoms. The zero-order chi connectivity index (χ0) is 12.4. The zero-order valence-corrected chi connectivity index (χ0v) is 9.41. The Balaban J connectivity index is 2.58. The molecule has 2 heterocycles. The van der Waals surface area contributed by atoms with Crippen molar-refractivity contribution in [3.05, 3.63) is 26.1 Å². The normalized spacial score (nSPS) is 10.6. The maximum atomic E-state index is 11.6. The molecule has 2 aromatic rings. The van der Waals surface area contributed by atoms with Crippen LogP contribution in [0, 0.1) is 11.3 Å². The predicted octanol–water partition coefficient (Wildman–Crippen LogP) is 0.370. The summed E-state index contributed by atoms with van der Waals surface area (Å²) in [6.07, 6.45) is 0.827. The minimum absolute atomic E-state index is 0.0464. The highest BCUT2D eigenvalue weighted by Gasteiger charge is 2.11. The molecular weight excluding hydrogens is 246 g/mol. The Labute approximate surface area is 99.7 Å². The number of hydrogen-bond acceptors (Lipinski definition) is 4. The number of nitriles is 1. The monoisotopic (exact) mass is 253 g/mol. The van der Waals surface area contributed by atoms with Crippen molar-refractivity contribution in [1.82, 2.24) is 19.5 Å². The smallest absolute Gasteiger partial charge is 0.323 e. The van der Waals surface area contributed by atoms with E-state index in [9.17, 15) is 9.59 Å². The van der Waals surface area contributed by atoms with Gasteiger partial charge in [-0.3, -0.25) is 14.3 Å². The highest BCUT2D eigenvalue weighted by molar-refractivity contribution is 6.28. The summed E-state index contributed by atoms with van der Waals surface area (Å²) in [4.78, 5) is 31.6. The molecular formula is C9H8ClN5O2. The molecule has 0 fully saturated rings. The first-order valence-corrected chi connectivity index (χ1v) is 5.26. The lowest BCUT2D eigenvalue weighted by Gasteiger charge is -2.03. The maximum absolute atomic E-state index is 11.6. The molecule has 2 rings (SSSR count). The largest absolute Gasteiger partial charge is 0.330 e. The molecule has 0 unspecified atom stereocenters. The summed E-state index contributed by atoms with van der Waals surface area (Å²) in [5.41, 5.74) is -0.738. The number of halogens is 1. The van der Waals surface area contributed by atoms with Crippen molar-refractivity contribution in [3.8, 4) is 6.07 Å². The van der Waals surface area contributed by atoms with Gasteiger partial charge in [-0.1, -0.05) is 0 Å². The fourth-order valence-electron chi connectivity index (χ4n) is 1.54. The lowest BCUT2D eigenvalue weighted by Crippen LogP contribution is -2.30. The van der Waals surface area contributed by atoms with E-state index in [-0.39, 0.29) is 16.4 Å². The minimum atomic E-state index is -0.555. The third kappa shape index (κ3) is 2.07. The van der Waals surface area contributed by atoms with E-state index in [4.69, 9.17) is 16.9 Å². The van der Waals surface area contributed by atoms with Gasteiger partial charge in [-0.05, 0) is 18.0 Å². The van der Waals surface area contributed by atoms with Crippen LogP contribution in [0.5, 0.6) is 0 Å². The van der Waals surface area contributed by atoms with E-state index in [1.807, 2.05) is 6.07 Å². The van der Waals surface area contributed by atoms with Crippen molar-refractivity contribution in [2.75, 3.05) is 0 Å². The van der Waals surface area contributed by atoms with Crippen molar-refractivity contribution >= 4 is 22.8 Å². The predicted molar refractivity (Wildman–Crippen MR) is 60.8 cm³/mol. The molecule has 0 radical (unpaired) electrons. The molecule has 0 saturated carbocycles. The van der Waals surface area contributed by atoms with Gasteiger partial charge < -0.3 is 4.98 Å². The molecule has 0 aromatic carbocycles. The topological polar surface area (TPSA) is 107 Å². The van der Waals surface area contributed by atoms with E-state index in [0.717, 1.165) is 0 Å². The van der Waals surface area contributed by atoms with E-state index in [2.05, 4.69) is 15.0 Å². The fourth-order valence-corrected chi connectivity index (χ4v) is 1.71. The van der Waals surface area contributed by atoms with Crippen LogP contribution in [0.3, 0.4) is 0 Å². The van der Waals surface area contributed by atoms with Gasteiger partial charge in [-0.2, -0.15) is 10.2 Å². The van der Waals surface area contributed by atoms with Crippen LogP contribution in [0.15, 0.2) is 9.59 Å². The number of H-pyrrole nitrogens is 2. The molecule has 0 amide bonds. The second kappa shape index (κ2) is 4.43. The van der Waals surface area contributed by atoms with Gasteiger partial charge in [0, 0.05) is 13.0 Å². The summed E-state index contributed by atoms with van der Waals surface area (Å²) in [7, 11) is 0. The molecule has 17 heavy (non-hydrogen) atoms. The van der Waals surface area contributed by atoms with E-state index in [1.165, 1.54) is 4.57 Å². The summed E-state index contributed by atoms with van der Waals surface area (Å²) in [5.74, 6) is 0. The van der Waals surface area contributed by atoms with Crippen molar-refractivity contribution in [2.45, 2.75) is 19.4 Å². The van der Waals surface area contributed by atoms with E-state index >= 15 is 0 Å². The summed E-state index contributed by atoms with van der Waals surface area (Å²) in [6.45, 7) is 0.306. The number of fused-ring (bicyclic) bond motifs is 1. The van der Waals surface area contributed by atoms with Crippen LogP contribution in [0.2, 0.25) is 5.28 Å². The molecule has 0 saturated heterocycles. The number of rotatable bonds is 3. The first-order chi connectivity index (χ1) is 8.13. The van der Waals surface area contributed by atoms with Crippen LogP contribution in [-0.4, -0.2) is 19.5 Å². The van der Waals surface area contributed by atoms with Gasteiger partial charge in [0.25, 0.3) is 5.56 Å². The third-order valence-electron chi connectivity index (χ3n) is 2.27. The van der Waals surface area contributed by atoms with E-state index in [0.29, 0.717) is 19.4 Å². The molecule has 0 aliphatic carbocycles. The molecule has 0 atom stereocenters. The SMILES string of the molecule is N#CCCCn1c(=O)[nH]c(=O)c2[nH]c(Cl)nc21. The highest BCUT2D eigenvalue weighted by atomic mass is 35.5. The Kier molecular flexibility index (Phi) is 2.97. The van der Waals surface area contributed by atoms with Crippen LogP contribution in [0.1, 0.15) is 12.8 Å². The van der Waals surface area contributed by atoms with Gasteiger partial charge >= 0.3 is 5.69 Å². The quantitative estimate of drug-likeness (QED) is 0.608. The Morgan fingerprint density at radius 1 is 1.41 bits per heavy atom. The van der Waals surface area contributed by atoms with Crippen molar-refractivity contribution in [1.29, 1.82) is 5.26 Å². The molecule has 0 bridgehead atoms. The number of aromatic amines is 2. The van der Waals surface area contributed by atoms with Crippen LogP contribution in [-0.2, 0) is 6.54 Å². The van der Waals surface area contributed by atoms with Gasteiger partial charge in [0.05, 0.1) is 6.07 Å². The lowest BCUT2D eigenvalue weighted by molar-refractivity contribution is 0.631. The Bertz CT molecular complexity index is 705. The number of aromatic nitrogens is 4. The average molecular weight is 254 g/mol. The second-order valence-corrected chi connectivity index (χ2v) is 3.76. The molecule has 0 aliphatic heterocycles. The lowest BCUT2D eigenvalue weighted by atomic mass is 10.3. The number of aryl methyl sites for hydroxylation is 1. The third-order valence-corrected chi connectivity index (χ3v) is 2.45. The number of nitrogens with one attached hydrogen (secondary N) is 2. The summed E-state index contributed by atoms with van der Waals surface area (Å²) >= 11 is 5.65. The van der Waals surface area contributed by atoms with Crippen LogP contribution in [0.4, 0.5) is 0 Å². The fraction of sp³-hybridized carbons (Fsp3) is 0.333. The first-order valence-electron chi connectivity index (χ1n) is 4.89. The van der Waals surface area contributed by atoms with E-state index in [1.54, 1.807) is 0 Å². The summed E-state index contributed by atoms with van der Waals surface area (Å²) in [6, 6.07) is 1.98. The first kappa shape index (κ1) is 11.4. The van der Waals surface area contributed by atoms with Crippen molar-refractivity contribution < 1.29 is 0 Å². The molecule has 0 aliphatic rings. The van der Waals surface area contributed by atoms with Gasteiger partial charge in [0.1, 0.15) is 0 Å². The minimum Gasteiger partial charge on any atom is -0.323 e. The van der Waals surface area contributed by atoms with Crippen LogP contribution < -0.4 is 11.2 Å². The zero-order valence-electron chi connectivity index (χ0n) is 8.66. The molecule has 8 heteroatoms. The van der Waals surface area contributed by atoms with Crippen LogP contribution >= 0.6 is 11.6 Å². The molecule has 2 N–H and O–H groups in total. The van der Waals surface area contributed by atoms with Gasteiger partial charge in [0.15, 0.2) is 11.2 Å². The summed E-state index contributed by atoms with van der Waals surface area (Å²) in [5, 5.41) is 8.48. The Hall–Kier alpha value is -2.07. The highest BCUT2D eigenvalue weighted by Crippen LogP contribution is 2.09. The number of unbranched alkanes of at least 4 members (excludes halogenated alkanes) is 1. The maximum Gasteiger partial charge on any atom is 0.330 e. The molecule has 7 nitrogen and oxygen atoms in total. The Morgan fingerprint density at radius 3 is 2.88 bits per heavy atom. The van der Waals surface area contributed by atoms with Crippen molar-refractivity contribution in [3.63, 3.8) is 0 Å². The Morgan fingerprint density at radius 2 is 2.18 bits per heavy atom. The standard InChI is InChI=1S/C9H8ClN5O2/c10-8-12-5-6(13-8)15(4-2-1-3-11)9(17)14-7(5)16/h1-2,4H2,(H,12,13)(H,14,16,17). The molecule has 88 valence electrons. The van der Waals surface area contributed by atoms with Crippen molar-refractivity contribution in [2.24, 2.45) is 0 Å². The van der Waals surface area contributed by atoms with Gasteiger partial charge in [-0.25, -0.2) is 4.79 Å². The van der Waals surface area contributed by atoms with Gasteiger partial charge in [-0.15, -0.1) is 0 Å². The summed E-state index contributed by atoms with van der Waals surface area (Å²) < 4.78 is 1.29. The van der Waals surface area contributed by atoms with Crippen LogP contribution in [0.25, 0.3) is 11.2 Å². The molecule has 2 aromatic heterocycles. The number of hydrogen-bond donors (Lipinski definition) is 2. The average Bonchev–Trinajstić information content (AvgIpc) is 2.65. The number of nitrogens with zero attached hydrogens (tertiary/aromatic N) is 3.